The number of rotatable bonds is 7. The van der Waals surface area contributed by atoms with Crippen molar-refractivity contribution in [1.82, 2.24) is 29.0 Å². The van der Waals surface area contributed by atoms with Crippen LogP contribution in [-0.2, 0) is 21.5 Å². The van der Waals surface area contributed by atoms with Gasteiger partial charge in [0.2, 0.25) is 11.7 Å². The molecule has 13 nitrogen and oxygen atoms in total. The van der Waals surface area contributed by atoms with Gasteiger partial charge in [-0.1, -0.05) is 17.7 Å². The highest BCUT2D eigenvalue weighted by Crippen LogP contribution is 2.67. The van der Waals surface area contributed by atoms with Crippen LogP contribution in [0.25, 0.3) is 11.4 Å². The minimum atomic E-state index is -3.03. The van der Waals surface area contributed by atoms with Crippen molar-refractivity contribution in [3.8, 4) is 11.5 Å². The topological polar surface area (TPSA) is 153 Å². The monoisotopic (exact) mass is 693 g/mol. The third kappa shape index (κ3) is 5.31. The Hall–Kier alpha value is -4.89. The number of nitrogens with one attached hydrogen (secondary N) is 1. The number of hydrogen-bond acceptors (Lipinski definition) is 9. The third-order valence-corrected chi connectivity index (χ3v) is 10.4. The lowest BCUT2D eigenvalue weighted by molar-refractivity contribution is -0.116. The van der Waals surface area contributed by atoms with E-state index in [0.29, 0.717) is 57.0 Å². The molecular formula is C33H30ClF2N7O6. The van der Waals surface area contributed by atoms with E-state index in [1.165, 1.54) is 35.0 Å². The van der Waals surface area contributed by atoms with E-state index in [0.717, 1.165) is 17.7 Å². The van der Waals surface area contributed by atoms with E-state index in [1.54, 1.807) is 15.5 Å². The van der Waals surface area contributed by atoms with Crippen molar-refractivity contribution in [3.63, 3.8) is 0 Å². The fourth-order valence-corrected chi connectivity index (χ4v) is 8.01. The fourth-order valence-electron chi connectivity index (χ4n) is 7.79. The zero-order chi connectivity index (χ0) is 34.0. The van der Waals surface area contributed by atoms with Crippen molar-refractivity contribution >= 4 is 40.5 Å². The molecule has 5 heterocycles. The minimum Gasteiger partial charge on any atom is -0.505 e. The van der Waals surface area contributed by atoms with Crippen LogP contribution in [0.15, 0.2) is 47.4 Å². The number of benzene rings is 1. The standard InChI is InChI=1S/C33H30ClF2N7O6/c34-21-14-18(49-31(35)36)3-4-22(21)38-24(45)16-42-27-19-15-20(19)33(7-10-41(11-8-33)30(47)26-23(44)2-1-9-37-26)25(27)29(46)43-32(42)39-28(40-43)17-5-12-48-13-6-17/h1-5,9,14,19-20,31,44H,6-8,10-13,15-16H2,(H,38,45). The van der Waals surface area contributed by atoms with E-state index < -0.39 is 17.9 Å². The number of nitrogens with zero attached hydrogens (tertiary/aromatic N) is 6. The van der Waals surface area contributed by atoms with Gasteiger partial charge >= 0.3 is 6.61 Å². The molecule has 2 aliphatic carbocycles. The Balaban J connectivity index is 1.16. The quantitative estimate of drug-likeness (QED) is 0.293. The van der Waals surface area contributed by atoms with Gasteiger partial charge in [0.1, 0.15) is 18.0 Å². The number of hydrogen-bond donors (Lipinski definition) is 2. The number of ether oxygens (including phenoxy) is 2. The smallest absolute Gasteiger partial charge is 0.387 e. The average Bonchev–Trinajstić information content (AvgIpc) is 3.68. The van der Waals surface area contributed by atoms with Gasteiger partial charge in [-0.05, 0) is 61.4 Å². The van der Waals surface area contributed by atoms with Gasteiger partial charge in [-0.15, -0.1) is 5.10 Å². The number of aromatic hydroxyl groups is 1. The van der Waals surface area contributed by atoms with Crippen LogP contribution < -0.4 is 15.6 Å². The Kier molecular flexibility index (Phi) is 7.63. The summed E-state index contributed by atoms with van der Waals surface area (Å²) in [6.07, 6.45) is 5.75. The van der Waals surface area contributed by atoms with Gasteiger partial charge in [-0.25, -0.2) is 4.98 Å². The van der Waals surface area contributed by atoms with Crippen molar-refractivity contribution in [1.29, 1.82) is 0 Å². The van der Waals surface area contributed by atoms with Crippen molar-refractivity contribution in [2.45, 2.75) is 50.2 Å². The molecule has 2 atom stereocenters. The number of alkyl halides is 2. The Labute approximate surface area is 282 Å². The van der Waals surface area contributed by atoms with Gasteiger partial charge in [-0.3, -0.25) is 14.4 Å². The molecule has 2 amide bonds. The number of piperidine rings is 1. The Morgan fingerprint density at radius 1 is 1.22 bits per heavy atom. The summed E-state index contributed by atoms with van der Waals surface area (Å²) in [5, 5.41) is 17.6. The van der Waals surface area contributed by atoms with Crippen molar-refractivity contribution in [3.05, 3.63) is 80.8 Å². The van der Waals surface area contributed by atoms with Gasteiger partial charge in [0.05, 0.1) is 23.9 Å². The molecule has 4 aromatic rings. The number of aromatic nitrogens is 5. The maximum Gasteiger partial charge on any atom is 0.387 e. The number of carbonyl (C=O) groups excluding carboxylic acids is 2. The SMILES string of the molecule is O=C(Cn1c2c(c(=O)n3nc(C4=CCOCC4)nc13)C1(CCN(C(=O)c3ncccc3O)CC1)C1CC21)Nc1ccc(OC(F)F)cc1Cl. The van der Waals surface area contributed by atoms with Crippen LogP contribution in [-0.4, -0.2) is 78.9 Å². The molecule has 254 valence electrons. The second-order valence-electron chi connectivity index (χ2n) is 12.7. The first-order valence-electron chi connectivity index (χ1n) is 15.9. The van der Waals surface area contributed by atoms with Crippen LogP contribution >= 0.6 is 11.6 Å². The van der Waals surface area contributed by atoms with E-state index >= 15 is 0 Å². The van der Waals surface area contributed by atoms with Crippen LogP contribution in [0.1, 0.15) is 59.2 Å². The summed E-state index contributed by atoms with van der Waals surface area (Å²) in [6, 6.07) is 6.82. The molecule has 1 saturated heterocycles. The van der Waals surface area contributed by atoms with Crippen LogP contribution in [0.3, 0.4) is 0 Å². The summed E-state index contributed by atoms with van der Waals surface area (Å²) in [5.74, 6) is -0.411. The van der Waals surface area contributed by atoms with Gasteiger partial charge in [-0.2, -0.15) is 18.3 Å². The summed E-state index contributed by atoms with van der Waals surface area (Å²) in [6.45, 7) is -1.65. The minimum absolute atomic E-state index is 0.0133. The van der Waals surface area contributed by atoms with E-state index in [4.69, 9.17) is 21.3 Å². The lowest BCUT2D eigenvalue weighted by atomic mass is 9.71. The van der Waals surface area contributed by atoms with Gasteiger partial charge in [0.25, 0.3) is 11.5 Å². The average molecular weight is 694 g/mol. The molecule has 2 fully saturated rings. The molecule has 1 spiro atoms. The van der Waals surface area contributed by atoms with E-state index in [1.807, 2.05) is 6.08 Å². The zero-order valence-electron chi connectivity index (χ0n) is 25.9. The second kappa shape index (κ2) is 11.9. The van der Waals surface area contributed by atoms with Gasteiger partial charge in [0.15, 0.2) is 11.5 Å². The normalized spacial score (nSPS) is 20.7. The molecule has 4 aliphatic rings. The largest absolute Gasteiger partial charge is 0.505 e. The fraction of sp³-hybridized carbons (Fsp3) is 0.394. The van der Waals surface area contributed by atoms with Crippen LogP contribution in [0.2, 0.25) is 5.02 Å². The Morgan fingerprint density at radius 3 is 2.76 bits per heavy atom. The van der Waals surface area contributed by atoms with Crippen molar-refractivity contribution in [2.24, 2.45) is 5.92 Å². The van der Waals surface area contributed by atoms with Gasteiger partial charge in [0, 0.05) is 47.9 Å². The molecule has 16 heteroatoms. The predicted octanol–water partition coefficient (Wildman–Crippen LogP) is 3.98. The molecule has 2 aliphatic heterocycles. The summed E-state index contributed by atoms with van der Waals surface area (Å²) in [5.41, 5.74) is 1.52. The Bertz CT molecular complexity index is 2110. The van der Waals surface area contributed by atoms with E-state index in [-0.39, 0.29) is 63.5 Å². The van der Waals surface area contributed by atoms with Gasteiger partial charge < -0.3 is 29.4 Å². The van der Waals surface area contributed by atoms with Crippen LogP contribution in [0.4, 0.5) is 14.5 Å². The zero-order valence-corrected chi connectivity index (χ0v) is 26.7. The number of carbonyl (C=O) groups is 2. The third-order valence-electron chi connectivity index (χ3n) is 10.1. The Morgan fingerprint density at radius 2 is 2.04 bits per heavy atom. The number of amides is 2. The summed E-state index contributed by atoms with van der Waals surface area (Å²) >= 11 is 6.29. The lowest BCUT2D eigenvalue weighted by Crippen LogP contribution is -2.48. The predicted molar refractivity (Wildman–Crippen MR) is 171 cm³/mol. The highest BCUT2D eigenvalue weighted by atomic mass is 35.5. The molecule has 2 unspecified atom stereocenters. The highest BCUT2D eigenvalue weighted by molar-refractivity contribution is 6.33. The number of pyridine rings is 1. The number of likely N-dealkylation sites (tertiary alicyclic amines) is 1. The lowest BCUT2D eigenvalue weighted by Gasteiger charge is -2.41. The highest BCUT2D eigenvalue weighted by Gasteiger charge is 2.64. The molecule has 8 rings (SSSR count). The van der Waals surface area contributed by atoms with E-state index in [9.17, 15) is 28.3 Å². The first kappa shape index (κ1) is 31.4. The molecule has 1 aromatic carbocycles. The first-order valence-corrected chi connectivity index (χ1v) is 16.3. The van der Waals surface area contributed by atoms with Crippen molar-refractivity contribution < 1.29 is 33.0 Å². The van der Waals surface area contributed by atoms with Crippen LogP contribution in [0, 0.1) is 5.92 Å². The maximum atomic E-state index is 14.4. The maximum absolute atomic E-state index is 14.4. The summed E-state index contributed by atoms with van der Waals surface area (Å²) in [7, 11) is 0. The summed E-state index contributed by atoms with van der Waals surface area (Å²) in [4.78, 5) is 51.8. The van der Waals surface area contributed by atoms with Crippen LogP contribution in [0.5, 0.6) is 11.5 Å². The molecule has 1 saturated carbocycles. The molecule has 0 radical (unpaired) electrons. The van der Waals surface area contributed by atoms with Crippen molar-refractivity contribution in [2.75, 3.05) is 31.6 Å². The molecule has 3 aromatic heterocycles. The number of halogens is 3. The number of anilines is 1. The molecule has 49 heavy (non-hydrogen) atoms. The number of fused-ring (bicyclic) bond motifs is 6. The molecular weight excluding hydrogens is 664 g/mol. The second-order valence-corrected chi connectivity index (χ2v) is 13.1. The van der Waals surface area contributed by atoms with E-state index in [2.05, 4.69) is 20.1 Å². The summed E-state index contributed by atoms with van der Waals surface area (Å²) < 4.78 is 38.3. The molecule has 0 bridgehead atoms. The molecule has 2 N–H and O–H groups in total. The first-order chi connectivity index (χ1) is 23.6.